The van der Waals surface area contributed by atoms with Gasteiger partial charge in [-0.3, -0.25) is 4.79 Å². The van der Waals surface area contributed by atoms with E-state index in [9.17, 15) is 14.7 Å². The summed E-state index contributed by atoms with van der Waals surface area (Å²) in [5, 5.41) is 14.1. The van der Waals surface area contributed by atoms with E-state index in [0.29, 0.717) is 41.9 Å². The van der Waals surface area contributed by atoms with Gasteiger partial charge in [-0.05, 0) is 72.8 Å². The predicted octanol–water partition coefficient (Wildman–Crippen LogP) is 4.14. The van der Waals surface area contributed by atoms with Crippen LogP contribution < -0.4 is 4.74 Å². The number of rotatable bonds is 5. The molecular weight excluding hydrogens is 428 g/mol. The fraction of sp³-hybridized carbons (Fsp3) is 0.261. The zero-order valence-corrected chi connectivity index (χ0v) is 18.0. The number of carboxylic acids is 1. The molecule has 1 fully saturated rings. The number of carbonyl (C=O) groups excluding carboxylic acids is 1. The van der Waals surface area contributed by atoms with Crippen LogP contribution in [0.3, 0.4) is 0 Å². The molecule has 9 heteroatoms. The van der Waals surface area contributed by atoms with E-state index in [1.165, 1.54) is 17.6 Å². The Kier molecular flexibility index (Phi) is 5.40. The van der Waals surface area contributed by atoms with Crippen LogP contribution in [-0.4, -0.2) is 49.5 Å². The molecule has 1 aliphatic heterocycles. The number of nitrogens with zero attached hydrogens (tertiary/aromatic N) is 4. The smallest absolute Gasteiger partial charge is 0.354 e. The molecule has 0 unspecified atom stereocenters. The highest BCUT2D eigenvalue weighted by Gasteiger charge is 2.23. The fourth-order valence-electron chi connectivity index (χ4n) is 3.93. The normalized spacial score (nSPS) is 14.1. The summed E-state index contributed by atoms with van der Waals surface area (Å²) in [5.41, 5.74) is 2.43. The van der Waals surface area contributed by atoms with Gasteiger partial charge in [-0.1, -0.05) is 10.6 Å². The van der Waals surface area contributed by atoms with Crippen LogP contribution in [-0.2, 0) is 6.61 Å². The van der Waals surface area contributed by atoms with Crippen LogP contribution in [0.15, 0.2) is 42.5 Å². The highest BCUT2D eigenvalue weighted by molar-refractivity contribution is 7.12. The summed E-state index contributed by atoms with van der Waals surface area (Å²) in [4.78, 5) is 30.8. The molecule has 2 aromatic heterocycles. The summed E-state index contributed by atoms with van der Waals surface area (Å²) in [7, 11) is 0. The monoisotopic (exact) mass is 448 g/mol. The van der Waals surface area contributed by atoms with Crippen molar-refractivity contribution >= 4 is 44.5 Å². The average Bonchev–Trinajstić information content (AvgIpc) is 3.30. The highest BCUT2D eigenvalue weighted by atomic mass is 32.1. The summed E-state index contributed by atoms with van der Waals surface area (Å²) in [6.07, 6.45) is 3.00. The van der Waals surface area contributed by atoms with Crippen molar-refractivity contribution in [1.82, 2.24) is 19.5 Å². The standard InChI is InChI=1S/C23H20N4O4S/c28-22(27-8-2-1-3-9-27)17-12-20(23(29)30)24-18-6-5-15(11-16(17)18)31-13-14-4-7-21-19(10-14)25-26-32-21/h4-7,10-12H,1-3,8-9,13H2,(H,29,30). The minimum absolute atomic E-state index is 0.142. The van der Waals surface area contributed by atoms with Crippen molar-refractivity contribution in [3.8, 4) is 5.75 Å². The molecule has 0 aliphatic carbocycles. The van der Waals surface area contributed by atoms with Crippen molar-refractivity contribution in [2.24, 2.45) is 0 Å². The number of hydrogen-bond donors (Lipinski definition) is 1. The van der Waals surface area contributed by atoms with E-state index in [0.717, 1.165) is 35.0 Å². The van der Waals surface area contributed by atoms with Crippen molar-refractivity contribution in [1.29, 1.82) is 0 Å². The lowest BCUT2D eigenvalue weighted by molar-refractivity contribution is 0.0691. The molecule has 1 amide bonds. The number of carboxylic acid groups (broad SMARTS) is 1. The number of likely N-dealkylation sites (tertiary alicyclic amines) is 1. The molecule has 4 aromatic rings. The number of ether oxygens (including phenoxy) is 1. The van der Waals surface area contributed by atoms with Crippen molar-refractivity contribution in [3.63, 3.8) is 0 Å². The molecule has 2 aromatic carbocycles. The van der Waals surface area contributed by atoms with Gasteiger partial charge in [0.1, 0.15) is 23.6 Å². The lowest BCUT2D eigenvalue weighted by Crippen LogP contribution is -2.35. The molecular formula is C23H20N4O4S. The van der Waals surface area contributed by atoms with Crippen LogP contribution in [0.4, 0.5) is 0 Å². The van der Waals surface area contributed by atoms with Gasteiger partial charge in [-0.2, -0.15) is 0 Å². The molecule has 1 aliphatic rings. The van der Waals surface area contributed by atoms with Crippen LogP contribution in [0, 0.1) is 0 Å². The Morgan fingerprint density at radius 2 is 1.88 bits per heavy atom. The molecule has 1 saturated heterocycles. The zero-order valence-electron chi connectivity index (χ0n) is 17.2. The number of carbonyl (C=O) groups is 2. The number of hydrogen-bond acceptors (Lipinski definition) is 7. The quantitative estimate of drug-likeness (QED) is 0.489. The van der Waals surface area contributed by atoms with E-state index < -0.39 is 5.97 Å². The Balaban J connectivity index is 1.47. The van der Waals surface area contributed by atoms with Crippen molar-refractivity contribution < 1.29 is 19.4 Å². The van der Waals surface area contributed by atoms with E-state index in [1.54, 1.807) is 23.1 Å². The minimum atomic E-state index is -1.16. The van der Waals surface area contributed by atoms with Crippen molar-refractivity contribution in [2.75, 3.05) is 13.1 Å². The highest BCUT2D eigenvalue weighted by Crippen LogP contribution is 2.27. The van der Waals surface area contributed by atoms with Crippen LogP contribution in [0.2, 0.25) is 0 Å². The number of benzene rings is 2. The molecule has 32 heavy (non-hydrogen) atoms. The largest absolute Gasteiger partial charge is 0.489 e. The third-order valence-electron chi connectivity index (χ3n) is 5.59. The molecule has 0 atom stereocenters. The lowest BCUT2D eigenvalue weighted by Gasteiger charge is -2.27. The molecule has 0 bridgehead atoms. The third-order valence-corrected chi connectivity index (χ3v) is 6.29. The second-order valence-electron chi connectivity index (χ2n) is 7.76. The first-order valence-electron chi connectivity index (χ1n) is 10.4. The van der Waals surface area contributed by atoms with Crippen molar-refractivity contribution in [3.05, 3.63) is 59.3 Å². The number of pyridine rings is 1. The molecule has 0 saturated carbocycles. The zero-order chi connectivity index (χ0) is 22.1. The summed E-state index contributed by atoms with van der Waals surface area (Å²) in [6.45, 7) is 1.68. The van der Waals surface area contributed by atoms with Gasteiger partial charge >= 0.3 is 5.97 Å². The van der Waals surface area contributed by atoms with E-state index in [4.69, 9.17) is 4.74 Å². The first kappa shape index (κ1) is 20.3. The van der Waals surface area contributed by atoms with Gasteiger partial charge in [0.2, 0.25) is 0 Å². The summed E-state index contributed by atoms with van der Waals surface area (Å²) >= 11 is 1.34. The average molecular weight is 449 g/mol. The summed E-state index contributed by atoms with van der Waals surface area (Å²) < 4.78 is 10.9. The molecule has 5 rings (SSSR count). The maximum atomic E-state index is 13.2. The topological polar surface area (TPSA) is 106 Å². The Hall–Kier alpha value is -3.59. The van der Waals surface area contributed by atoms with E-state index in [-0.39, 0.29) is 11.6 Å². The number of amides is 1. The lowest BCUT2D eigenvalue weighted by atomic mass is 10.0. The second-order valence-corrected chi connectivity index (χ2v) is 8.54. The number of aromatic nitrogens is 3. The Morgan fingerprint density at radius 1 is 1.03 bits per heavy atom. The SMILES string of the molecule is O=C(O)c1cc(C(=O)N2CCCCC2)c2cc(OCc3ccc4snnc4c3)ccc2n1. The molecule has 0 spiro atoms. The van der Waals surface area contributed by atoms with E-state index >= 15 is 0 Å². The van der Waals surface area contributed by atoms with E-state index in [2.05, 4.69) is 14.6 Å². The maximum Gasteiger partial charge on any atom is 0.354 e. The van der Waals surface area contributed by atoms with Gasteiger partial charge in [-0.15, -0.1) is 5.10 Å². The van der Waals surface area contributed by atoms with Gasteiger partial charge in [0.15, 0.2) is 0 Å². The van der Waals surface area contributed by atoms with Gasteiger partial charge in [0.25, 0.3) is 5.91 Å². The van der Waals surface area contributed by atoms with E-state index in [1.807, 2.05) is 18.2 Å². The molecule has 1 N–H and O–H groups in total. The van der Waals surface area contributed by atoms with Crippen LogP contribution in [0.25, 0.3) is 21.1 Å². The molecule has 162 valence electrons. The van der Waals surface area contributed by atoms with Crippen LogP contribution >= 0.6 is 11.5 Å². The predicted molar refractivity (Wildman–Crippen MR) is 120 cm³/mol. The third kappa shape index (κ3) is 3.99. The Bertz CT molecular complexity index is 1330. The van der Waals surface area contributed by atoms with Gasteiger partial charge < -0.3 is 14.7 Å². The van der Waals surface area contributed by atoms with Gasteiger partial charge in [0, 0.05) is 18.5 Å². The second kappa shape index (κ2) is 8.51. The van der Waals surface area contributed by atoms with Crippen molar-refractivity contribution in [2.45, 2.75) is 25.9 Å². The van der Waals surface area contributed by atoms with Gasteiger partial charge in [0.05, 0.1) is 15.8 Å². The molecule has 8 nitrogen and oxygen atoms in total. The first-order chi connectivity index (χ1) is 15.6. The summed E-state index contributed by atoms with van der Waals surface area (Å²) in [6, 6.07) is 12.4. The summed E-state index contributed by atoms with van der Waals surface area (Å²) in [5.74, 6) is -0.753. The number of aromatic carboxylic acids is 1. The first-order valence-corrected chi connectivity index (χ1v) is 11.2. The molecule has 3 heterocycles. The fourth-order valence-corrected chi connectivity index (χ4v) is 4.47. The number of fused-ring (bicyclic) bond motifs is 2. The van der Waals surface area contributed by atoms with Crippen LogP contribution in [0.5, 0.6) is 5.75 Å². The Labute approximate surface area is 187 Å². The van der Waals surface area contributed by atoms with Crippen LogP contribution in [0.1, 0.15) is 45.7 Å². The minimum Gasteiger partial charge on any atom is -0.489 e. The van der Waals surface area contributed by atoms with Gasteiger partial charge in [-0.25, -0.2) is 9.78 Å². The molecule has 0 radical (unpaired) electrons. The number of piperidine rings is 1. The maximum absolute atomic E-state index is 13.2. The Morgan fingerprint density at radius 3 is 2.69 bits per heavy atom.